The third-order valence-electron chi connectivity index (χ3n) is 16.3. The van der Waals surface area contributed by atoms with Crippen molar-refractivity contribution in [1.29, 1.82) is 0 Å². The van der Waals surface area contributed by atoms with Gasteiger partial charge < -0.3 is 45.1 Å². The van der Waals surface area contributed by atoms with Crippen molar-refractivity contribution in [2.45, 2.75) is 365 Å². The Morgan fingerprint density at radius 3 is 1.25 bits per heavy atom. The average Bonchev–Trinajstić information content (AvgIpc) is 3.52. The second-order valence-electron chi connectivity index (χ2n) is 24.3. The lowest BCUT2D eigenvalue weighted by Gasteiger charge is -2.41. The normalized spacial score (nSPS) is 18.9. The van der Waals surface area contributed by atoms with Gasteiger partial charge in [0, 0.05) is 6.42 Å². The van der Waals surface area contributed by atoms with Gasteiger partial charge in [0.1, 0.15) is 24.4 Å². The van der Waals surface area contributed by atoms with Crippen LogP contribution in [0.5, 0.6) is 0 Å². The van der Waals surface area contributed by atoms with Crippen LogP contribution in [-0.4, -0.2) is 99.6 Å². The van der Waals surface area contributed by atoms with E-state index in [-0.39, 0.29) is 19.4 Å². The van der Waals surface area contributed by atoms with Crippen LogP contribution in [0.25, 0.3) is 0 Å². The summed E-state index contributed by atoms with van der Waals surface area (Å²) in [5.74, 6) is -1.20. The number of allylic oxidation sites excluding steroid dienone is 11. The highest BCUT2D eigenvalue weighted by Crippen LogP contribution is 2.26. The van der Waals surface area contributed by atoms with Crippen LogP contribution >= 0.6 is 0 Å². The number of ether oxygens (including phenoxy) is 3. The van der Waals surface area contributed by atoms with Crippen LogP contribution in [-0.2, 0) is 23.8 Å². The lowest BCUT2D eigenvalue weighted by Crippen LogP contribution is -2.61. The molecule has 11 heteroatoms. The molecule has 1 aliphatic heterocycles. The minimum absolute atomic E-state index is 0.121. The quantitative estimate of drug-likeness (QED) is 0.0195. The predicted molar refractivity (Wildman–Crippen MR) is 352 cm³/mol. The molecule has 488 valence electrons. The molecule has 0 radical (unpaired) electrons. The predicted octanol–water partition coefficient (Wildman–Crippen LogP) is 17.9. The average molecular weight is 1180 g/mol. The number of esters is 1. The topological polar surface area (TPSA) is 175 Å². The smallest absolute Gasteiger partial charge is 0.306 e. The third kappa shape index (κ3) is 47.2. The molecule has 1 saturated heterocycles. The molecule has 1 amide bonds. The number of carbonyl (C=O) groups is 2. The molecule has 1 heterocycles. The fraction of sp³-hybridized carbons (Fsp3) is 0.808. The minimum atomic E-state index is -1.62. The Hall–Kier alpha value is -2.90. The van der Waals surface area contributed by atoms with Gasteiger partial charge in [-0.2, -0.15) is 0 Å². The Labute approximate surface area is 515 Å². The molecule has 8 atom stereocenters. The van der Waals surface area contributed by atoms with Crippen molar-refractivity contribution < 1.29 is 49.3 Å². The van der Waals surface area contributed by atoms with E-state index in [1.165, 1.54) is 180 Å². The van der Waals surface area contributed by atoms with Crippen molar-refractivity contribution >= 4 is 11.9 Å². The van der Waals surface area contributed by atoms with E-state index < -0.39 is 67.4 Å². The van der Waals surface area contributed by atoms with Gasteiger partial charge in [0.05, 0.1) is 25.4 Å². The highest BCUT2D eigenvalue weighted by atomic mass is 16.7. The van der Waals surface area contributed by atoms with Gasteiger partial charge in [0.15, 0.2) is 12.4 Å². The second-order valence-corrected chi connectivity index (χ2v) is 24.3. The maximum atomic E-state index is 13.5. The molecule has 84 heavy (non-hydrogen) atoms. The Balaban J connectivity index is 2.59. The summed E-state index contributed by atoms with van der Waals surface area (Å²) in [7, 11) is 0. The molecule has 1 fully saturated rings. The molecule has 8 unspecified atom stereocenters. The van der Waals surface area contributed by atoms with Crippen molar-refractivity contribution in [2.24, 2.45) is 0 Å². The Morgan fingerprint density at radius 1 is 0.464 bits per heavy atom. The summed E-state index contributed by atoms with van der Waals surface area (Å²) in [5, 5.41) is 57.2. The molecule has 11 nitrogen and oxygen atoms in total. The molecule has 0 spiro atoms. The van der Waals surface area contributed by atoms with Gasteiger partial charge in [-0.15, -0.1) is 0 Å². The highest BCUT2D eigenvalue weighted by Gasteiger charge is 2.47. The SMILES string of the molecule is CCCCC/C=C\C/C=C\C/C=C\CCCCCCCCCC(O)C(=O)NC(COC1OC(CO)C(O)C(O)C1OC(=O)CCCCCCCCCCCCCCC/C=C\C/C=C\CCCCC)C(O)/C=C/CCCCCCCCCCCC. The van der Waals surface area contributed by atoms with Gasteiger partial charge in [-0.25, -0.2) is 0 Å². The molecule has 1 rings (SSSR count). The highest BCUT2D eigenvalue weighted by molar-refractivity contribution is 5.80. The first-order valence-electron chi connectivity index (χ1n) is 35.2. The summed E-state index contributed by atoms with van der Waals surface area (Å²) in [6.45, 7) is 5.76. The number of aliphatic hydroxyl groups excluding tert-OH is 5. The molecule has 6 N–H and O–H groups in total. The third-order valence-corrected chi connectivity index (χ3v) is 16.3. The molecule has 0 aromatic carbocycles. The number of carbonyl (C=O) groups excluding carboxylic acids is 2. The number of rotatable bonds is 60. The summed E-state index contributed by atoms with van der Waals surface area (Å²) >= 11 is 0. The van der Waals surface area contributed by atoms with E-state index in [4.69, 9.17) is 14.2 Å². The summed E-state index contributed by atoms with van der Waals surface area (Å²) in [6, 6.07) is -1.03. The zero-order valence-corrected chi connectivity index (χ0v) is 54.3. The van der Waals surface area contributed by atoms with Crippen LogP contribution in [0.1, 0.15) is 316 Å². The van der Waals surface area contributed by atoms with Gasteiger partial charge >= 0.3 is 5.97 Å². The van der Waals surface area contributed by atoms with Crippen molar-refractivity contribution in [3.63, 3.8) is 0 Å². The largest absolute Gasteiger partial charge is 0.454 e. The van der Waals surface area contributed by atoms with Crippen LogP contribution in [0, 0.1) is 0 Å². The first-order valence-corrected chi connectivity index (χ1v) is 35.2. The number of nitrogens with one attached hydrogen (secondary N) is 1. The zero-order chi connectivity index (χ0) is 61.0. The van der Waals surface area contributed by atoms with E-state index in [0.29, 0.717) is 12.8 Å². The number of amides is 1. The van der Waals surface area contributed by atoms with E-state index >= 15 is 0 Å². The van der Waals surface area contributed by atoms with Crippen LogP contribution in [0.15, 0.2) is 72.9 Å². The number of hydrogen-bond donors (Lipinski definition) is 6. The van der Waals surface area contributed by atoms with E-state index in [0.717, 1.165) is 89.9 Å². The molecule has 0 aromatic heterocycles. The Morgan fingerprint density at radius 2 is 0.821 bits per heavy atom. The van der Waals surface area contributed by atoms with Crippen LogP contribution in [0.2, 0.25) is 0 Å². The van der Waals surface area contributed by atoms with Gasteiger partial charge in [-0.3, -0.25) is 9.59 Å². The zero-order valence-electron chi connectivity index (χ0n) is 54.3. The second kappa shape index (κ2) is 60.4. The van der Waals surface area contributed by atoms with Gasteiger partial charge in [-0.1, -0.05) is 286 Å². The minimum Gasteiger partial charge on any atom is -0.454 e. The summed E-state index contributed by atoms with van der Waals surface area (Å²) in [4.78, 5) is 26.7. The van der Waals surface area contributed by atoms with E-state index in [1.807, 2.05) is 6.08 Å². The summed E-state index contributed by atoms with van der Waals surface area (Å²) in [5.41, 5.74) is 0. The van der Waals surface area contributed by atoms with E-state index in [9.17, 15) is 35.1 Å². The monoisotopic (exact) mass is 1180 g/mol. The van der Waals surface area contributed by atoms with Gasteiger partial charge in [-0.05, 0) is 96.3 Å². The van der Waals surface area contributed by atoms with Crippen LogP contribution in [0.3, 0.4) is 0 Å². The standard InChI is InChI=1S/C73H131NO10/c1-4-7-10-13-16-19-22-25-27-29-31-33-34-35-37-39-41-43-46-49-52-55-58-61-68(78)84-71-70(80)69(79)67(62-75)83-73(71)82-63-64(65(76)59-56-53-50-47-44-24-21-18-15-12-9-6-3)74-72(81)66(77)60-57-54-51-48-45-42-40-38-36-32-30-28-26-23-20-17-14-11-8-5-2/h16-17,19-20,25-28,32,36,56,59,64-67,69-71,73,75-77,79-80H,4-15,18,21-24,29-31,33-35,37-55,57-58,60-63H2,1-3H3,(H,74,81)/b19-16-,20-17-,27-25-,28-26-,36-32-,59-56+. The molecule has 0 aliphatic carbocycles. The molecule has 1 aliphatic rings. The molecular weight excluding hydrogens is 1050 g/mol. The van der Waals surface area contributed by atoms with Crippen molar-refractivity contribution in [3.8, 4) is 0 Å². The first-order chi connectivity index (χ1) is 41.2. The van der Waals surface area contributed by atoms with Gasteiger partial charge in [0.25, 0.3) is 0 Å². The van der Waals surface area contributed by atoms with Crippen LogP contribution < -0.4 is 5.32 Å². The number of unbranched alkanes of at least 4 members (excludes halogenated alkanes) is 36. The van der Waals surface area contributed by atoms with Crippen molar-refractivity contribution in [3.05, 3.63) is 72.9 Å². The lowest BCUT2D eigenvalue weighted by molar-refractivity contribution is -0.305. The van der Waals surface area contributed by atoms with E-state index in [1.54, 1.807) is 6.08 Å². The van der Waals surface area contributed by atoms with Crippen molar-refractivity contribution in [2.75, 3.05) is 13.2 Å². The van der Waals surface area contributed by atoms with Gasteiger partial charge in [0.2, 0.25) is 5.91 Å². The lowest BCUT2D eigenvalue weighted by atomic mass is 9.99. The molecule has 0 aromatic rings. The maximum Gasteiger partial charge on any atom is 0.306 e. The van der Waals surface area contributed by atoms with Crippen LogP contribution in [0.4, 0.5) is 0 Å². The van der Waals surface area contributed by atoms with Crippen molar-refractivity contribution in [1.82, 2.24) is 5.32 Å². The first kappa shape index (κ1) is 79.1. The molecule has 0 bridgehead atoms. The van der Waals surface area contributed by atoms with E-state index in [2.05, 4.69) is 86.8 Å². The summed E-state index contributed by atoms with van der Waals surface area (Å²) < 4.78 is 17.7. The maximum absolute atomic E-state index is 13.5. The molecule has 0 saturated carbocycles. The summed E-state index contributed by atoms with van der Waals surface area (Å²) in [6.07, 6.45) is 67.9. The number of aliphatic hydroxyl groups is 5. The number of hydrogen-bond acceptors (Lipinski definition) is 10. The Bertz CT molecular complexity index is 1640. The molecular formula is C73H131NO10. The fourth-order valence-corrected chi connectivity index (χ4v) is 10.7. The fourth-order valence-electron chi connectivity index (χ4n) is 10.7. The Kier molecular flexibility index (Phi) is 56.9.